The van der Waals surface area contributed by atoms with E-state index >= 15 is 0 Å². The van der Waals surface area contributed by atoms with Crippen LogP contribution in [-0.4, -0.2) is 30.7 Å². The Hall–Kier alpha value is -2.86. The molecule has 0 aromatic heterocycles. The largest absolute Gasteiger partial charge is 0.483 e. The van der Waals surface area contributed by atoms with Crippen LogP contribution in [0, 0.1) is 0 Å². The normalized spacial score (nSPS) is 13.0. The number of ketones is 1. The van der Waals surface area contributed by atoms with Gasteiger partial charge in [-0.25, -0.2) is 0 Å². The van der Waals surface area contributed by atoms with Crippen LogP contribution in [-0.2, 0) is 9.59 Å². The first-order chi connectivity index (χ1) is 12.5. The minimum absolute atomic E-state index is 0.0828. The average Bonchev–Trinajstić information content (AvgIpc) is 2.65. The van der Waals surface area contributed by atoms with Crippen molar-refractivity contribution >= 4 is 40.6 Å². The number of amides is 2. The zero-order valence-corrected chi connectivity index (χ0v) is 14.9. The number of carbonyl (C=O) groups is 3. The molecule has 1 N–H and O–H groups in total. The van der Waals surface area contributed by atoms with Crippen LogP contribution < -0.4 is 15.0 Å². The minimum atomic E-state index is -0.378. The summed E-state index contributed by atoms with van der Waals surface area (Å²) in [5.41, 5.74) is 1.52. The van der Waals surface area contributed by atoms with Crippen molar-refractivity contribution in [3.8, 4) is 5.75 Å². The van der Waals surface area contributed by atoms with Gasteiger partial charge in [-0.3, -0.25) is 19.3 Å². The summed E-state index contributed by atoms with van der Waals surface area (Å²) in [4.78, 5) is 37.9. The summed E-state index contributed by atoms with van der Waals surface area (Å²) in [7, 11) is 0. The van der Waals surface area contributed by atoms with Crippen molar-refractivity contribution in [3.63, 3.8) is 0 Å². The number of hydrogen-bond donors (Lipinski definition) is 1. The Balaban J connectivity index is 1.78. The second kappa shape index (κ2) is 7.58. The van der Waals surface area contributed by atoms with E-state index in [-0.39, 0.29) is 30.7 Å². The third-order valence-corrected chi connectivity index (χ3v) is 4.22. The van der Waals surface area contributed by atoms with Gasteiger partial charge in [0.25, 0.3) is 5.91 Å². The van der Waals surface area contributed by atoms with Gasteiger partial charge in [-0.2, -0.15) is 0 Å². The average molecular weight is 373 g/mol. The Bertz CT molecular complexity index is 882. The number of carbonyl (C=O) groups excluding carboxylic acids is 3. The number of ether oxygens (including phenoxy) is 1. The fourth-order valence-electron chi connectivity index (χ4n) is 2.71. The van der Waals surface area contributed by atoms with E-state index in [4.69, 9.17) is 16.3 Å². The molecule has 0 aliphatic carbocycles. The number of para-hydroxylation sites is 2. The molecule has 26 heavy (non-hydrogen) atoms. The molecule has 2 aromatic rings. The SMILES string of the molecule is CCC(=O)c1cc(Cl)ccc1OCC(=O)N1CC(=O)Nc2ccccc21. The molecular weight excluding hydrogens is 356 g/mol. The van der Waals surface area contributed by atoms with Crippen molar-refractivity contribution < 1.29 is 19.1 Å². The fourth-order valence-corrected chi connectivity index (χ4v) is 2.88. The summed E-state index contributed by atoms with van der Waals surface area (Å²) in [6.07, 6.45) is 0.296. The summed E-state index contributed by atoms with van der Waals surface area (Å²) in [5.74, 6) is -0.482. The molecule has 0 saturated carbocycles. The van der Waals surface area contributed by atoms with E-state index < -0.39 is 0 Å². The van der Waals surface area contributed by atoms with Gasteiger partial charge < -0.3 is 10.1 Å². The van der Waals surface area contributed by atoms with E-state index in [1.165, 1.54) is 11.0 Å². The molecule has 0 bridgehead atoms. The third-order valence-electron chi connectivity index (χ3n) is 3.99. The van der Waals surface area contributed by atoms with E-state index in [2.05, 4.69) is 5.32 Å². The second-order valence-electron chi connectivity index (χ2n) is 5.75. The maximum Gasteiger partial charge on any atom is 0.265 e. The molecule has 1 aliphatic heterocycles. The Morgan fingerprint density at radius 3 is 2.77 bits per heavy atom. The highest BCUT2D eigenvalue weighted by Crippen LogP contribution is 2.29. The first kappa shape index (κ1) is 17.9. The van der Waals surface area contributed by atoms with Gasteiger partial charge in [-0.1, -0.05) is 30.7 Å². The predicted octanol–water partition coefficient (Wildman–Crippen LogP) is 3.30. The molecule has 0 fully saturated rings. The molecular formula is C19H17ClN2O4. The number of fused-ring (bicyclic) bond motifs is 1. The molecule has 6 nitrogen and oxygen atoms in total. The van der Waals surface area contributed by atoms with Crippen molar-refractivity contribution in [2.45, 2.75) is 13.3 Å². The van der Waals surface area contributed by atoms with Crippen LogP contribution in [0.5, 0.6) is 5.75 Å². The molecule has 1 heterocycles. The van der Waals surface area contributed by atoms with Gasteiger partial charge in [0.15, 0.2) is 12.4 Å². The number of nitrogens with zero attached hydrogens (tertiary/aromatic N) is 1. The van der Waals surface area contributed by atoms with E-state index in [0.717, 1.165) is 0 Å². The van der Waals surface area contributed by atoms with Crippen molar-refractivity contribution in [1.82, 2.24) is 0 Å². The van der Waals surface area contributed by atoms with Gasteiger partial charge in [0.1, 0.15) is 12.3 Å². The fraction of sp³-hybridized carbons (Fsp3) is 0.211. The number of halogens is 1. The molecule has 0 saturated heterocycles. The van der Waals surface area contributed by atoms with Gasteiger partial charge in [0, 0.05) is 11.4 Å². The lowest BCUT2D eigenvalue weighted by Gasteiger charge is -2.29. The van der Waals surface area contributed by atoms with Gasteiger partial charge in [-0.15, -0.1) is 0 Å². The number of Topliss-reactive ketones (excluding diaryl/α,β-unsaturated/α-hetero) is 1. The van der Waals surface area contributed by atoms with Gasteiger partial charge in [0.2, 0.25) is 5.91 Å². The van der Waals surface area contributed by atoms with Crippen molar-refractivity contribution in [1.29, 1.82) is 0 Å². The highest BCUT2D eigenvalue weighted by Gasteiger charge is 2.27. The first-order valence-electron chi connectivity index (χ1n) is 8.14. The molecule has 3 rings (SSSR count). The molecule has 2 aromatic carbocycles. The molecule has 0 spiro atoms. The smallest absolute Gasteiger partial charge is 0.265 e. The van der Waals surface area contributed by atoms with Gasteiger partial charge >= 0.3 is 0 Å². The first-order valence-corrected chi connectivity index (χ1v) is 8.52. The Labute approximate surface area is 155 Å². The summed E-state index contributed by atoms with van der Waals surface area (Å²) >= 11 is 5.95. The quantitative estimate of drug-likeness (QED) is 0.817. The third kappa shape index (κ3) is 3.70. The maximum atomic E-state index is 12.6. The topological polar surface area (TPSA) is 75.7 Å². The van der Waals surface area contributed by atoms with Crippen LogP contribution in [0.15, 0.2) is 42.5 Å². The lowest BCUT2D eigenvalue weighted by Crippen LogP contribution is -2.44. The van der Waals surface area contributed by atoms with E-state index in [1.54, 1.807) is 43.3 Å². The van der Waals surface area contributed by atoms with Crippen LogP contribution in [0.25, 0.3) is 0 Å². The molecule has 2 amide bonds. The predicted molar refractivity (Wildman–Crippen MR) is 99.0 cm³/mol. The molecule has 134 valence electrons. The lowest BCUT2D eigenvalue weighted by molar-refractivity contribution is -0.123. The molecule has 0 radical (unpaired) electrons. The molecule has 1 aliphatic rings. The Kier molecular flexibility index (Phi) is 5.23. The van der Waals surface area contributed by atoms with E-state index in [0.29, 0.717) is 34.1 Å². The second-order valence-corrected chi connectivity index (χ2v) is 6.19. The standard InChI is InChI=1S/C19H17ClN2O4/c1-2-16(23)13-9-12(20)7-8-17(13)26-11-19(25)22-10-18(24)21-14-5-3-4-6-15(14)22/h3-9H,2,10-11H2,1H3,(H,21,24). The van der Waals surface area contributed by atoms with Crippen LogP contribution >= 0.6 is 11.6 Å². The van der Waals surface area contributed by atoms with Gasteiger partial charge in [-0.05, 0) is 30.3 Å². The lowest BCUT2D eigenvalue weighted by atomic mass is 10.1. The summed E-state index contributed by atoms with van der Waals surface area (Å²) < 4.78 is 5.58. The zero-order valence-electron chi connectivity index (χ0n) is 14.1. The summed E-state index contributed by atoms with van der Waals surface area (Å²) in [6.45, 7) is 1.36. The molecule has 7 heteroatoms. The molecule has 0 unspecified atom stereocenters. The zero-order chi connectivity index (χ0) is 18.7. The van der Waals surface area contributed by atoms with Crippen LogP contribution in [0.2, 0.25) is 5.02 Å². The summed E-state index contributed by atoms with van der Waals surface area (Å²) in [6, 6.07) is 11.7. The van der Waals surface area contributed by atoms with Crippen molar-refractivity contribution in [2.75, 3.05) is 23.4 Å². The summed E-state index contributed by atoms with van der Waals surface area (Å²) in [5, 5.41) is 3.14. The Morgan fingerprint density at radius 2 is 2.00 bits per heavy atom. The highest BCUT2D eigenvalue weighted by molar-refractivity contribution is 6.31. The monoisotopic (exact) mass is 372 g/mol. The number of benzene rings is 2. The Morgan fingerprint density at radius 1 is 1.23 bits per heavy atom. The molecule has 0 atom stereocenters. The maximum absolute atomic E-state index is 12.6. The minimum Gasteiger partial charge on any atom is -0.483 e. The van der Waals surface area contributed by atoms with Crippen molar-refractivity contribution in [3.05, 3.63) is 53.1 Å². The van der Waals surface area contributed by atoms with Crippen LogP contribution in [0.4, 0.5) is 11.4 Å². The number of rotatable bonds is 5. The van der Waals surface area contributed by atoms with Crippen LogP contribution in [0.1, 0.15) is 23.7 Å². The van der Waals surface area contributed by atoms with Gasteiger partial charge in [0.05, 0.1) is 16.9 Å². The van der Waals surface area contributed by atoms with Crippen LogP contribution in [0.3, 0.4) is 0 Å². The number of nitrogens with one attached hydrogen (secondary N) is 1. The number of anilines is 2. The van der Waals surface area contributed by atoms with E-state index in [1.807, 2.05) is 0 Å². The highest BCUT2D eigenvalue weighted by atomic mass is 35.5. The van der Waals surface area contributed by atoms with E-state index in [9.17, 15) is 14.4 Å². The van der Waals surface area contributed by atoms with Crippen molar-refractivity contribution in [2.24, 2.45) is 0 Å². The number of hydrogen-bond acceptors (Lipinski definition) is 4.